The summed E-state index contributed by atoms with van der Waals surface area (Å²) >= 11 is 0. The van der Waals surface area contributed by atoms with E-state index >= 15 is 0 Å². The molecule has 0 radical (unpaired) electrons. The number of H-pyrrole nitrogens is 1. The first kappa shape index (κ1) is 20.0. The van der Waals surface area contributed by atoms with Gasteiger partial charge in [-0.15, -0.1) is 0 Å². The average molecular weight is 425 g/mol. The van der Waals surface area contributed by atoms with E-state index in [0.29, 0.717) is 23.5 Å². The Bertz CT molecular complexity index is 1310. The quantitative estimate of drug-likeness (QED) is 0.562. The predicted octanol–water partition coefficient (Wildman–Crippen LogP) is 2.90. The van der Waals surface area contributed by atoms with Crippen molar-refractivity contribution in [3.8, 4) is 11.8 Å². The first-order valence-electron chi connectivity index (χ1n) is 10.5. The highest BCUT2D eigenvalue weighted by molar-refractivity contribution is 6.16. The van der Waals surface area contributed by atoms with Gasteiger partial charge in [-0.1, -0.05) is 36.3 Å². The van der Waals surface area contributed by atoms with Gasteiger partial charge in [0.05, 0.1) is 24.0 Å². The number of benzene rings is 2. The molecular weight excluding hydrogens is 402 g/mol. The molecule has 0 unspecified atom stereocenters. The molecule has 7 heteroatoms. The van der Waals surface area contributed by atoms with E-state index in [1.807, 2.05) is 43.3 Å². The van der Waals surface area contributed by atoms with Crippen LogP contribution in [-0.2, 0) is 4.79 Å². The van der Waals surface area contributed by atoms with Crippen molar-refractivity contribution in [2.24, 2.45) is 11.0 Å². The summed E-state index contributed by atoms with van der Waals surface area (Å²) in [5.74, 6) is 6.08. The molecule has 2 aliphatic rings. The maximum atomic E-state index is 12.9. The Kier molecular flexibility index (Phi) is 5.00. The maximum absolute atomic E-state index is 12.9. The van der Waals surface area contributed by atoms with Crippen LogP contribution < -0.4 is 10.7 Å². The molecular formula is C25H23N5O2. The molecule has 32 heavy (non-hydrogen) atoms. The van der Waals surface area contributed by atoms with Crippen LogP contribution >= 0.6 is 0 Å². The standard InChI is InChI=1S/C25H23N5O2/c1-30(2)10-6-9-21-20-14-26-29-25(32)19-11-16(12-22(28-21)23(19)20)27-24(31)18-13-17(18)15-7-4-3-5-8-15/h3-5,7-8,11-12,14,17-18,28H,10,13H2,1-2H3,(H,27,31)(H,29,32)/t17-,18+/m0/s1. The number of amides is 2. The zero-order valence-corrected chi connectivity index (χ0v) is 17.9. The summed E-state index contributed by atoms with van der Waals surface area (Å²) in [7, 11) is 3.91. The Hall–Kier alpha value is -3.89. The van der Waals surface area contributed by atoms with Gasteiger partial charge in [0, 0.05) is 28.1 Å². The molecule has 1 aliphatic heterocycles. The Labute approximate surface area is 185 Å². The lowest BCUT2D eigenvalue weighted by Crippen LogP contribution is -2.18. The normalized spacial score (nSPS) is 18.7. The van der Waals surface area contributed by atoms with Crippen molar-refractivity contribution >= 4 is 34.6 Å². The van der Waals surface area contributed by atoms with Crippen LogP contribution in [0, 0.1) is 17.8 Å². The molecule has 1 saturated carbocycles. The van der Waals surface area contributed by atoms with E-state index in [1.165, 1.54) is 5.56 Å². The monoisotopic (exact) mass is 425 g/mol. The first-order valence-corrected chi connectivity index (χ1v) is 10.5. The number of hydrazone groups is 1. The Morgan fingerprint density at radius 1 is 1.25 bits per heavy atom. The summed E-state index contributed by atoms with van der Waals surface area (Å²) in [6.45, 7) is 0.612. The van der Waals surface area contributed by atoms with Crippen molar-refractivity contribution in [1.82, 2.24) is 15.3 Å². The number of nitrogens with one attached hydrogen (secondary N) is 3. The van der Waals surface area contributed by atoms with Crippen molar-refractivity contribution in [1.29, 1.82) is 0 Å². The molecule has 0 saturated heterocycles. The van der Waals surface area contributed by atoms with Gasteiger partial charge < -0.3 is 10.3 Å². The minimum atomic E-state index is -0.318. The minimum Gasteiger partial charge on any atom is -0.347 e. The minimum absolute atomic E-state index is 0.0338. The summed E-state index contributed by atoms with van der Waals surface area (Å²) in [5.41, 5.74) is 6.94. The summed E-state index contributed by atoms with van der Waals surface area (Å²) in [6.07, 6.45) is 2.44. The van der Waals surface area contributed by atoms with E-state index in [2.05, 4.69) is 44.8 Å². The van der Waals surface area contributed by atoms with Gasteiger partial charge in [-0.25, -0.2) is 5.43 Å². The molecule has 0 bridgehead atoms. The van der Waals surface area contributed by atoms with Gasteiger partial charge in [0.1, 0.15) is 0 Å². The molecule has 7 nitrogen and oxygen atoms in total. The highest BCUT2D eigenvalue weighted by atomic mass is 16.2. The summed E-state index contributed by atoms with van der Waals surface area (Å²) in [5, 5.41) is 7.78. The molecule has 2 atom stereocenters. The van der Waals surface area contributed by atoms with Crippen LogP contribution in [0.1, 0.15) is 39.5 Å². The number of hydrogen-bond donors (Lipinski definition) is 3. The zero-order chi connectivity index (χ0) is 22.2. The molecule has 160 valence electrons. The average Bonchev–Trinajstić information content (AvgIpc) is 3.53. The highest BCUT2D eigenvalue weighted by Crippen LogP contribution is 2.48. The van der Waals surface area contributed by atoms with Crippen LogP contribution in [0.4, 0.5) is 5.69 Å². The van der Waals surface area contributed by atoms with Gasteiger partial charge in [0.25, 0.3) is 5.91 Å². The van der Waals surface area contributed by atoms with E-state index < -0.39 is 0 Å². The second-order valence-corrected chi connectivity index (χ2v) is 8.45. The van der Waals surface area contributed by atoms with Gasteiger partial charge in [-0.3, -0.25) is 14.5 Å². The highest BCUT2D eigenvalue weighted by Gasteiger charge is 2.43. The van der Waals surface area contributed by atoms with Crippen LogP contribution in [0.3, 0.4) is 0 Å². The van der Waals surface area contributed by atoms with Crippen molar-refractivity contribution in [2.75, 3.05) is 26.0 Å². The van der Waals surface area contributed by atoms with Crippen molar-refractivity contribution in [2.45, 2.75) is 12.3 Å². The van der Waals surface area contributed by atoms with Gasteiger partial charge in [-0.05, 0) is 50.1 Å². The summed E-state index contributed by atoms with van der Waals surface area (Å²) < 4.78 is 0. The maximum Gasteiger partial charge on any atom is 0.272 e. The Morgan fingerprint density at radius 2 is 2.06 bits per heavy atom. The lowest BCUT2D eigenvalue weighted by atomic mass is 10.0. The van der Waals surface area contributed by atoms with Gasteiger partial charge in [0.15, 0.2) is 0 Å². The number of nitrogens with zero attached hydrogens (tertiary/aromatic N) is 2. The van der Waals surface area contributed by atoms with Crippen LogP contribution in [0.5, 0.6) is 0 Å². The lowest BCUT2D eigenvalue weighted by molar-refractivity contribution is -0.117. The number of carbonyl (C=O) groups excluding carboxylic acids is 2. The molecule has 0 spiro atoms. The van der Waals surface area contributed by atoms with Crippen LogP contribution in [0.25, 0.3) is 10.9 Å². The second kappa shape index (κ2) is 7.98. The third-order valence-electron chi connectivity index (χ3n) is 5.77. The molecule has 1 fully saturated rings. The van der Waals surface area contributed by atoms with Crippen molar-refractivity contribution < 1.29 is 9.59 Å². The molecule has 2 heterocycles. The Morgan fingerprint density at radius 3 is 2.84 bits per heavy atom. The van der Waals surface area contributed by atoms with Gasteiger partial charge in [-0.2, -0.15) is 5.10 Å². The molecule has 3 N–H and O–H groups in total. The van der Waals surface area contributed by atoms with Crippen molar-refractivity contribution in [3.05, 3.63) is 64.8 Å². The number of hydrogen-bond acceptors (Lipinski definition) is 4. The third kappa shape index (κ3) is 3.77. The fourth-order valence-electron chi connectivity index (χ4n) is 4.13. The van der Waals surface area contributed by atoms with Crippen molar-refractivity contribution in [3.63, 3.8) is 0 Å². The van der Waals surface area contributed by atoms with E-state index in [0.717, 1.165) is 22.9 Å². The van der Waals surface area contributed by atoms with Gasteiger partial charge >= 0.3 is 0 Å². The predicted molar refractivity (Wildman–Crippen MR) is 125 cm³/mol. The van der Waals surface area contributed by atoms with E-state index in [-0.39, 0.29) is 23.7 Å². The molecule has 2 aromatic carbocycles. The molecule has 3 aromatic rings. The second-order valence-electron chi connectivity index (χ2n) is 8.45. The number of aromatic amines is 1. The lowest BCUT2D eigenvalue weighted by Gasteiger charge is -2.08. The number of rotatable bonds is 4. The van der Waals surface area contributed by atoms with E-state index in [9.17, 15) is 9.59 Å². The fourth-order valence-corrected chi connectivity index (χ4v) is 4.13. The van der Waals surface area contributed by atoms with E-state index in [4.69, 9.17) is 0 Å². The third-order valence-corrected chi connectivity index (χ3v) is 5.77. The summed E-state index contributed by atoms with van der Waals surface area (Å²) in [6, 6.07) is 13.6. The SMILES string of the molecule is CN(C)CC#Cc1[nH]c2cc(NC(=O)[C@@H]3C[C@H]3c3ccccc3)cc3c2c1C=NNC3=O. The van der Waals surface area contributed by atoms with E-state index in [1.54, 1.807) is 12.3 Å². The molecule has 1 aliphatic carbocycles. The fraction of sp³-hybridized carbons (Fsp3) is 0.240. The molecule has 1 aromatic heterocycles. The molecule has 5 rings (SSSR count). The smallest absolute Gasteiger partial charge is 0.272 e. The van der Waals surface area contributed by atoms with Crippen LogP contribution in [0.2, 0.25) is 0 Å². The number of carbonyl (C=O) groups is 2. The van der Waals surface area contributed by atoms with Crippen LogP contribution in [-0.4, -0.2) is 48.6 Å². The van der Waals surface area contributed by atoms with Crippen LogP contribution in [0.15, 0.2) is 47.6 Å². The topological polar surface area (TPSA) is 89.6 Å². The first-order chi connectivity index (χ1) is 15.5. The summed E-state index contributed by atoms with van der Waals surface area (Å²) in [4.78, 5) is 30.8. The number of anilines is 1. The zero-order valence-electron chi connectivity index (χ0n) is 17.9. The van der Waals surface area contributed by atoms with Gasteiger partial charge in [0.2, 0.25) is 5.91 Å². The largest absolute Gasteiger partial charge is 0.347 e. The Balaban J connectivity index is 1.45. The number of aromatic nitrogens is 1. The molecule has 2 amide bonds.